The van der Waals surface area contributed by atoms with Crippen LogP contribution < -0.4 is 19.7 Å². The maximum absolute atomic E-state index is 13.5. The van der Waals surface area contributed by atoms with Gasteiger partial charge in [-0.15, -0.1) is 0 Å². The molecule has 2 aromatic carbocycles. The number of aromatic nitrogens is 1. The van der Waals surface area contributed by atoms with Crippen molar-refractivity contribution in [3.63, 3.8) is 0 Å². The van der Waals surface area contributed by atoms with E-state index in [0.717, 1.165) is 35.6 Å². The molecular weight excluding hydrogens is 523 g/mol. The molecule has 5 rings (SSSR count). The molecule has 0 spiro atoms. The average molecular weight is 556 g/mol. The van der Waals surface area contributed by atoms with Gasteiger partial charge in [-0.2, -0.15) is 13.2 Å². The monoisotopic (exact) mass is 555 g/mol. The standard InChI is InChI=1S/C29H32F3N5O3/c1-33-22-6-10-27(34-17-22)40-24-9-5-21-15-26(35(2)25(21)16-24)28(38)37-13-11-36(12-14-37)18-20-3-7-23(8-4-20)39-19-29(30,31)32/h3-10,16-17,26,33H,11-15,18-19H2,1-2H3. The molecule has 1 atom stereocenters. The quantitative estimate of drug-likeness (QED) is 0.437. The first-order valence-electron chi connectivity index (χ1n) is 13.2. The van der Waals surface area contributed by atoms with Gasteiger partial charge >= 0.3 is 6.18 Å². The van der Waals surface area contributed by atoms with Crippen molar-refractivity contribution in [2.24, 2.45) is 0 Å². The lowest BCUT2D eigenvalue weighted by Crippen LogP contribution is -2.53. The second-order valence-electron chi connectivity index (χ2n) is 10.0. The Morgan fingerprint density at radius 3 is 2.40 bits per heavy atom. The number of pyridine rings is 1. The first-order valence-corrected chi connectivity index (χ1v) is 13.2. The van der Waals surface area contributed by atoms with Crippen LogP contribution in [0.15, 0.2) is 60.8 Å². The zero-order valence-electron chi connectivity index (χ0n) is 22.4. The van der Waals surface area contributed by atoms with Crippen LogP contribution in [-0.4, -0.2) is 79.8 Å². The van der Waals surface area contributed by atoms with Crippen LogP contribution >= 0.6 is 0 Å². The molecule has 1 aromatic heterocycles. The summed E-state index contributed by atoms with van der Waals surface area (Å²) in [5, 5.41) is 3.03. The van der Waals surface area contributed by atoms with E-state index in [1.54, 1.807) is 36.5 Å². The number of alkyl halides is 3. The molecule has 0 aliphatic carbocycles. The summed E-state index contributed by atoms with van der Waals surface area (Å²) in [5.74, 6) is 1.46. The van der Waals surface area contributed by atoms with Crippen LogP contribution in [0.25, 0.3) is 0 Å². The van der Waals surface area contributed by atoms with E-state index < -0.39 is 12.8 Å². The zero-order chi connectivity index (χ0) is 28.3. The predicted molar refractivity (Wildman–Crippen MR) is 146 cm³/mol. The number of piperazine rings is 1. The Morgan fingerprint density at radius 2 is 1.75 bits per heavy atom. The molecular formula is C29H32F3N5O3. The van der Waals surface area contributed by atoms with E-state index in [4.69, 9.17) is 9.47 Å². The Balaban J connectivity index is 1.12. The number of hydrogen-bond donors (Lipinski definition) is 1. The summed E-state index contributed by atoms with van der Waals surface area (Å²) in [6, 6.07) is 16.0. The molecule has 40 heavy (non-hydrogen) atoms. The number of amides is 1. The fraction of sp³-hybridized carbons (Fsp3) is 0.379. The number of ether oxygens (including phenoxy) is 2. The molecule has 212 valence electrons. The lowest BCUT2D eigenvalue weighted by molar-refractivity contribution is -0.153. The van der Waals surface area contributed by atoms with Crippen LogP contribution in [0.4, 0.5) is 24.5 Å². The lowest BCUT2D eigenvalue weighted by atomic mass is 10.1. The SMILES string of the molecule is CNc1ccc(Oc2ccc3c(c2)N(C)C(C(=O)N2CCN(Cc4ccc(OCC(F)(F)F)cc4)CC2)C3)nc1. The first-order chi connectivity index (χ1) is 19.2. The highest BCUT2D eigenvalue weighted by molar-refractivity contribution is 5.88. The Bertz CT molecular complexity index is 1310. The van der Waals surface area contributed by atoms with Crippen LogP contribution in [0.5, 0.6) is 17.4 Å². The largest absolute Gasteiger partial charge is 0.484 e. The number of carbonyl (C=O) groups excluding carboxylic acids is 1. The van der Waals surface area contributed by atoms with E-state index in [9.17, 15) is 18.0 Å². The Morgan fingerprint density at radius 1 is 1.02 bits per heavy atom. The van der Waals surface area contributed by atoms with Gasteiger partial charge in [0.15, 0.2) is 6.61 Å². The molecule has 3 heterocycles. The van der Waals surface area contributed by atoms with Gasteiger partial charge in [-0.3, -0.25) is 9.69 Å². The van der Waals surface area contributed by atoms with Gasteiger partial charge in [0.05, 0.1) is 11.9 Å². The maximum atomic E-state index is 13.5. The minimum absolute atomic E-state index is 0.108. The zero-order valence-corrected chi connectivity index (χ0v) is 22.4. The second kappa shape index (κ2) is 11.6. The summed E-state index contributed by atoms with van der Waals surface area (Å²) in [4.78, 5) is 24.0. The minimum Gasteiger partial charge on any atom is -0.484 e. The van der Waals surface area contributed by atoms with Gasteiger partial charge in [0.25, 0.3) is 0 Å². The van der Waals surface area contributed by atoms with E-state index in [1.165, 1.54) is 0 Å². The number of likely N-dealkylation sites (N-methyl/N-ethyl adjacent to an activating group) is 1. The van der Waals surface area contributed by atoms with E-state index in [2.05, 4.69) is 15.2 Å². The second-order valence-corrected chi connectivity index (χ2v) is 10.0. The highest BCUT2D eigenvalue weighted by atomic mass is 19.4. The summed E-state index contributed by atoms with van der Waals surface area (Å²) < 4.78 is 47.8. The van der Waals surface area contributed by atoms with Gasteiger partial charge in [-0.25, -0.2) is 4.98 Å². The number of rotatable bonds is 8. The van der Waals surface area contributed by atoms with E-state index in [1.807, 2.05) is 48.2 Å². The molecule has 2 aliphatic heterocycles. The number of nitrogens with zero attached hydrogens (tertiary/aromatic N) is 4. The number of carbonyl (C=O) groups is 1. The van der Waals surface area contributed by atoms with E-state index in [-0.39, 0.29) is 17.7 Å². The molecule has 1 fully saturated rings. The van der Waals surface area contributed by atoms with Crippen molar-refractivity contribution < 1.29 is 27.4 Å². The number of hydrogen-bond acceptors (Lipinski definition) is 7. The molecule has 1 saturated heterocycles. The molecule has 1 N–H and O–H groups in total. The van der Waals surface area contributed by atoms with Gasteiger partial charge in [0, 0.05) is 71.1 Å². The van der Waals surface area contributed by atoms with Crippen molar-refractivity contribution >= 4 is 17.3 Å². The van der Waals surface area contributed by atoms with Crippen molar-refractivity contribution in [3.8, 4) is 17.4 Å². The van der Waals surface area contributed by atoms with Crippen LogP contribution in [0.2, 0.25) is 0 Å². The van der Waals surface area contributed by atoms with Crippen LogP contribution in [-0.2, 0) is 17.8 Å². The first kappa shape index (κ1) is 27.6. The molecule has 1 unspecified atom stereocenters. The molecule has 0 radical (unpaired) electrons. The van der Waals surface area contributed by atoms with Gasteiger partial charge < -0.3 is 24.6 Å². The Labute approximate surface area is 231 Å². The number of anilines is 2. The third kappa shape index (κ3) is 6.59. The molecule has 0 saturated carbocycles. The lowest BCUT2D eigenvalue weighted by Gasteiger charge is -2.37. The molecule has 2 aliphatic rings. The van der Waals surface area contributed by atoms with Crippen molar-refractivity contribution in [1.29, 1.82) is 0 Å². The van der Waals surface area contributed by atoms with Crippen molar-refractivity contribution in [2.75, 3.05) is 57.1 Å². The van der Waals surface area contributed by atoms with Crippen molar-refractivity contribution in [1.82, 2.24) is 14.8 Å². The number of nitrogens with one attached hydrogen (secondary N) is 1. The summed E-state index contributed by atoms with van der Waals surface area (Å²) in [5.41, 5.74) is 3.96. The normalized spacial score (nSPS) is 17.5. The third-order valence-electron chi connectivity index (χ3n) is 7.27. The summed E-state index contributed by atoms with van der Waals surface area (Å²) >= 11 is 0. The van der Waals surface area contributed by atoms with Gasteiger partial charge in [-0.1, -0.05) is 18.2 Å². The number of fused-ring (bicyclic) bond motifs is 1. The third-order valence-corrected chi connectivity index (χ3v) is 7.27. The Kier molecular flexibility index (Phi) is 8.02. The van der Waals surface area contributed by atoms with E-state index in [0.29, 0.717) is 37.7 Å². The van der Waals surface area contributed by atoms with Gasteiger partial charge in [-0.05, 0) is 35.4 Å². The van der Waals surface area contributed by atoms with Gasteiger partial charge in [0.2, 0.25) is 11.8 Å². The molecule has 0 bridgehead atoms. The minimum atomic E-state index is -4.36. The Hall–Kier alpha value is -3.99. The van der Waals surface area contributed by atoms with Crippen molar-refractivity contribution in [2.45, 2.75) is 25.2 Å². The van der Waals surface area contributed by atoms with E-state index >= 15 is 0 Å². The molecule has 1 amide bonds. The average Bonchev–Trinajstić information content (AvgIpc) is 3.28. The van der Waals surface area contributed by atoms with Crippen molar-refractivity contribution in [3.05, 3.63) is 71.9 Å². The smallest absolute Gasteiger partial charge is 0.422 e. The molecule has 8 nitrogen and oxygen atoms in total. The fourth-order valence-corrected chi connectivity index (χ4v) is 5.04. The van der Waals surface area contributed by atoms with Crippen LogP contribution in [0.1, 0.15) is 11.1 Å². The molecule has 11 heteroatoms. The van der Waals surface area contributed by atoms with Crippen LogP contribution in [0, 0.1) is 0 Å². The topological polar surface area (TPSA) is 70.2 Å². The summed E-state index contributed by atoms with van der Waals surface area (Å²) in [7, 11) is 3.77. The highest BCUT2D eigenvalue weighted by Gasteiger charge is 2.36. The predicted octanol–water partition coefficient (Wildman–Crippen LogP) is 4.56. The number of halogens is 3. The summed E-state index contributed by atoms with van der Waals surface area (Å²) in [6.07, 6.45) is -2.01. The maximum Gasteiger partial charge on any atom is 0.422 e. The molecule has 3 aromatic rings. The number of benzene rings is 2. The fourth-order valence-electron chi connectivity index (χ4n) is 5.04. The summed E-state index contributed by atoms with van der Waals surface area (Å²) in [6.45, 7) is 2.04. The van der Waals surface area contributed by atoms with Crippen LogP contribution in [0.3, 0.4) is 0 Å². The van der Waals surface area contributed by atoms with Gasteiger partial charge in [0.1, 0.15) is 17.5 Å². The highest BCUT2D eigenvalue weighted by Crippen LogP contribution is 2.36.